The normalized spacial score (nSPS) is 12.7. The fraction of sp³-hybridized carbons (Fsp3) is 0.333. The van der Waals surface area contributed by atoms with Crippen molar-refractivity contribution in [2.45, 2.75) is 19.4 Å². The Morgan fingerprint density at radius 3 is 2.56 bits per heavy atom. The molecule has 84 valence electrons. The van der Waals surface area contributed by atoms with E-state index in [1.807, 2.05) is 7.05 Å². The number of aromatic nitrogens is 3. The molecule has 0 radical (unpaired) electrons. The van der Waals surface area contributed by atoms with Crippen molar-refractivity contribution < 1.29 is 0 Å². The summed E-state index contributed by atoms with van der Waals surface area (Å²) in [5.74, 6) is 0.910. The van der Waals surface area contributed by atoms with Crippen molar-refractivity contribution >= 4 is 0 Å². The van der Waals surface area contributed by atoms with E-state index in [1.54, 1.807) is 11.0 Å². The summed E-state index contributed by atoms with van der Waals surface area (Å²) in [7, 11) is 1.88. The van der Waals surface area contributed by atoms with Gasteiger partial charge in [-0.05, 0) is 12.5 Å². The molecule has 1 aromatic carbocycles. The molecule has 0 bridgehead atoms. The van der Waals surface area contributed by atoms with Crippen molar-refractivity contribution in [3.05, 3.63) is 47.5 Å². The van der Waals surface area contributed by atoms with Gasteiger partial charge in [-0.1, -0.05) is 29.8 Å². The van der Waals surface area contributed by atoms with E-state index in [-0.39, 0.29) is 6.04 Å². The van der Waals surface area contributed by atoms with Gasteiger partial charge in [0.1, 0.15) is 12.2 Å². The predicted molar refractivity (Wildman–Crippen MR) is 62.8 cm³/mol. The van der Waals surface area contributed by atoms with Gasteiger partial charge in [-0.25, -0.2) is 4.98 Å². The maximum atomic E-state index is 6.12. The quantitative estimate of drug-likeness (QED) is 0.843. The van der Waals surface area contributed by atoms with E-state index in [0.717, 1.165) is 11.4 Å². The SMILES string of the molecule is Cc1ccc(C(N)Cc2ncnn2C)cc1. The van der Waals surface area contributed by atoms with E-state index in [2.05, 4.69) is 41.3 Å². The molecule has 1 atom stereocenters. The number of nitrogens with two attached hydrogens (primary N) is 1. The van der Waals surface area contributed by atoms with Crippen LogP contribution in [0.1, 0.15) is 23.0 Å². The highest BCUT2D eigenvalue weighted by Gasteiger charge is 2.10. The third kappa shape index (κ3) is 2.28. The van der Waals surface area contributed by atoms with Crippen LogP contribution in [0.15, 0.2) is 30.6 Å². The monoisotopic (exact) mass is 216 g/mol. The molecule has 0 saturated heterocycles. The molecule has 0 aliphatic rings. The van der Waals surface area contributed by atoms with E-state index < -0.39 is 0 Å². The lowest BCUT2D eigenvalue weighted by atomic mass is 10.0. The van der Waals surface area contributed by atoms with Crippen LogP contribution in [0.3, 0.4) is 0 Å². The van der Waals surface area contributed by atoms with E-state index >= 15 is 0 Å². The second-order valence-electron chi connectivity index (χ2n) is 4.02. The van der Waals surface area contributed by atoms with E-state index in [0.29, 0.717) is 6.42 Å². The van der Waals surface area contributed by atoms with Crippen molar-refractivity contribution in [2.24, 2.45) is 12.8 Å². The van der Waals surface area contributed by atoms with Crippen molar-refractivity contribution in [2.75, 3.05) is 0 Å². The summed E-state index contributed by atoms with van der Waals surface area (Å²) in [5.41, 5.74) is 8.50. The van der Waals surface area contributed by atoms with Gasteiger partial charge in [0.05, 0.1) is 0 Å². The summed E-state index contributed by atoms with van der Waals surface area (Å²) in [6, 6.07) is 8.26. The minimum Gasteiger partial charge on any atom is -0.324 e. The van der Waals surface area contributed by atoms with E-state index in [1.165, 1.54) is 5.56 Å². The Morgan fingerprint density at radius 2 is 2.00 bits per heavy atom. The zero-order valence-electron chi connectivity index (χ0n) is 9.59. The fourth-order valence-corrected chi connectivity index (χ4v) is 1.63. The fourth-order valence-electron chi connectivity index (χ4n) is 1.63. The Hall–Kier alpha value is -1.68. The molecule has 4 nitrogen and oxygen atoms in total. The van der Waals surface area contributed by atoms with Crippen LogP contribution in [-0.2, 0) is 13.5 Å². The third-order valence-corrected chi connectivity index (χ3v) is 2.71. The topological polar surface area (TPSA) is 56.7 Å². The summed E-state index contributed by atoms with van der Waals surface area (Å²) < 4.78 is 1.76. The number of hydrogen-bond donors (Lipinski definition) is 1. The number of nitrogens with zero attached hydrogens (tertiary/aromatic N) is 3. The Balaban J connectivity index is 2.11. The lowest BCUT2D eigenvalue weighted by molar-refractivity contribution is 0.629. The lowest BCUT2D eigenvalue weighted by Gasteiger charge is -2.11. The van der Waals surface area contributed by atoms with Gasteiger partial charge in [0.2, 0.25) is 0 Å². The van der Waals surface area contributed by atoms with Crippen LogP contribution in [-0.4, -0.2) is 14.8 Å². The standard InChI is InChI=1S/C12H16N4/c1-9-3-5-10(6-4-9)11(13)7-12-14-8-15-16(12)2/h3-6,8,11H,7,13H2,1-2H3. The van der Waals surface area contributed by atoms with E-state index in [4.69, 9.17) is 5.73 Å². The first-order valence-electron chi connectivity index (χ1n) is 5.32. The first-order chi connectivity index (χ1) is 7.66. The molecular weight excluding hydrogens is 200 g/mol. The zero-order chi connectivity index (χ0) is 11.5. The molecule has 1 aromatic heterocycles. The number of aryl methyl sites for hydroxylation is 2. The van der Waals surface area contributed by atoms with Crippen LogP contribution in [0.4, 0.5) is 0 Å². The molecule has 0 spiro atoms. The molecular formula is C12H16N4. The Bertz CT molecular complexity index is 458. The Kier molecular flexibility index (Phi) is 3.01. The van der Waals surface area contributed by atoms with Crippen molar-refractivity contribution in [3.8, 4) is 0 Å². The maximum absolute atomic E-state index is 6.12. The van der Waals surface area contributed by atoms with Gasteiger partial charge in [-0.15, -0.1) is 0 Å². The summed E-state index contributed by atoms with van der Waals surface area (Å²) in [5, 5.41) is 4.03. The number of benzene rings is 1. The molecule has 0 amide bonds. The average Bonchev–Trinajstić information content (AvgIpc) is 2.65. The van der Waals surface area contributed by atoms with Crippen molar-refractivity contribution in [1.82, 2.24) is 14.8 Å². The van der Waals surface area contributed by atoms with Crippen LogP contribution in [0.2, 0.25) is 0 Å². The second-order valence-corrected chi connectivity index (χ2v) is 4.02. The minimum atomic E-state index is -0.0245. The molecule has 0 fully saturated rings. The maximum Gasteiger partial charge on any atom is 0.138 e. The van der Waals surface area contributed by atoms with E-state index in [9.17, 15) is 0 Å². The van der Waals surface area contributed by atoms with Gasteiger partial charge in [0.25, 0.3) is 0 Å². The summed E-state index contributed by atoms with van der Waals surface area (Å²) >= 11 is 0. The highest BCUT2D eigenvalue weighted by Crippen LogP contribution is 2.14. The lowest BCUT2D eigenvalue weighted by Crippen LogP contribution is -2.16. The van der Waals surface area contributed by atoms with Gasteiger partial charge in [-0.3, -0.25) is 4.68 Å². The van der Waals surface area contributed by atoms with Crippen LogP contribution in [0.25, 0.3) is 0 Å². The summed E-state index contributed by atoms with van der Waals surface area (Å²) in [6.45, 7) is 2.07. The molecule has 0 aliphatic heterocycles. The molecule has 0 saturated carbocycles. The highest BCUT2D eigenvalue weighted by molar-refractivity contribution is 5.24. The van der Waals surface area contributed by atoms with Crippen LogP contribution >= 0.6 is 0 Å². The van der Waals surface area contributed by atoms with Crippen molar-refractivity contribution in [1.29, 1.82) is 0 Å². The molecule has 4 heteroatoms. The average molecular weight is 216 g/mol. The molecule has 0 aliphatic carbocycles. The van der Waals surface area contributed by atoms with Crippen LogP contribution < -0.4 is 5.73 Å². The molecule has 1 heterocycles. The molecule has 16 heavy (non-hydrogen) atoms. The summed E-state index contributed by atoms with van der Waals surface area (Å²) in [6.07, 6.45) is 2.26. The molecule has 2 rings (SSSR count). The van der Waals surface area contributed by atoms with Gasteiger partial charge < -0.3 is 5.73 Å². The number of hydrogen-bond acceptors (Lipinski definition) is 3. The number of rotatable bonds is 3. The Morgan fingerprint density at radius 1 is 1.31 bits per heavy atom. The van der Waals surface area contributed by atoms with Gasteiger partial charge in [-0.2, -0.15) is 5.10 Å². The Labute approximate surface area is 95.1 Å². The first-order valence-corrected chi connectivity index (χ1v) is 5.32. The molecule has 1 unspecified atom stereocenters. The predicted octanol–water partition coefficient (Wildman–Crippen LogP) is 1.37. The molecule has 2 N–H and O–H groups in total. The zero-order valence-corrected chi connectivity index (χ0v) is 9.59. The van der Waals surface area contributed by atoms with Crippen molar-refractivity contribution in [3.63, 3.8) is 0 Å². The van der Waals surface area contributed by atoms with Crippen LogP contribution in [0.5, 0.6) is 0 Å². The van der Waals surface area contributed by atoms with Crippen LogP contribution in [0, 0.1) is 6.92 Å². The smallest absolute Gasteiger partial charge is 0.138 e. The molecule has 2 aromatic rings. The van der Waals surface area contributed by atoms with Gasteiger partial charge in [0, 0.05) is 19.5 Å². The van der Waals surface area contributed by atoms with Gasteiger partial charge in [0.15, 0.2) is 0 Å². The minimum absolute atomic E-state index is 0.0245. The summed E-state index contributed by atoms with van der Waals surface area (Å²) in [4.78, 5) is 4.17. The second kappa shape index (κ2) is 4.45. The van der Waals surface area contributed by atoms with Gasteiger partial charge >= 0.3 is 0 Å². The first kappa shape index (κ1) is 10.8. The third-order valence-electron chi connectivity index (χ3n) is 2.71. The largest absolute Gasteiger partial charge is 0.324 e. The highest BCUT2D eigenvalue weighted by atomic mass is 15.3.